The molecule has 0 saturated carbocycles. The van der Waals surface area contributed by atoms with Gasteiger partial charge in [-0.2, -0.15) is 26.3 Å². The molecule has 6 unspecified atom stereocenters. The lowest BCUT2D eigenvalue weighted by atomic mass is 9.92. The fraction of sp³-hybridized carbons (Fsp3) is 0.423. The summed E-state index contributed by atoms with van der Waals surface area (Å²) in [5, 5.41) is 7.36. The first kappa shape index (κ1) is 83.7. The Morgan fingerprint density at radius 1 is 0.425 bits per heavy atom. The second kappa shape index (κ2) is 33.4. The molecule has 7 heterocycles. The van der Waals surface area contributed by atoms with Crippen LogP contribution in [0.5, 0.6) is 0 Å². The van der Waals surface area contributed by atoms with E-state index in [1.165, 1.54) is 71.9 Å². The van der Waals surface area contributed by atoms with Gasteiger partial charge in [-0.15, -0.1) is 0 Å². The van der Waals surface area contributed by atoms with E-state index in [4.69, 9.17) is 18.9 Å². The number of rotatable bonds is 12. The van der Waals surface area contributed by atoms with Gasteiger partial charge in [-0.3, -0.25) is 33.0 Å². The van der Waals surface area contributed by atoms with Crippen molar-refractivity contribution in [3.05, 3.63) is 194 Å². The van der Waals surface area contributed by atoms with Crippen LogP contribution < -0.4 is 16.0 Å². The van der Waals surface area contributed by atoms with Gasteiger partial charge in [0.05, 0.1) is 92.6 Å². The Morgan fingerprint density at radius 3 is 1.03 bits per heavy atom. The molecule has 7 aliphatic rings. The van der Waals surface area contributed by atoms with E-state index in [1.807, 2.05) is 0 Å². The van der Waals surface area contributed by atoms with Crippen LogP contribution in [-0.4, -0.2) is 219 Å². The largest absolute Gasteiger partial charge is 0.444 e. The summed E-state index contributed by atoms with van der Waals surface area (Å²) in [5.41, 5.74) is -3.89. The third-order valence-electron chi connectivity index (χ3n) is 20.1. The van der Waals surface area contributed by atoms with Crippen LogP contribution in [0.1, 0.15) is 104 Å². The number of halogens is 12. The summed E-state index contributed by atoms with van der Waals surface area (Å²) in [6.45, 7) is 9.66. The molecule has 606 valence electrons. The number of anilines is 3. The minimum Gasteiger partial charge on any atom is -0.444 e. The SMILES string of the molecule is C=S1(=O)CCN(C(=O)N2CC3COCC(C2)N3C(=O)C(F)(F)c2cc(C(=O)Nc3ccc(F)c(C)c3)ccc2F)CC1.Cc1cc(NC(=O)c2ccc(F)c(C(F)(F)C(=O)N3C4CCCC3COC4)c2)ccc1F.Cc1cc(NC(=O)c2ccc(F)c(C(F)(F)C(=O)N3C4COCC3CN(C(=O)OC(C)(C)C)C4)c2)ccc1F. The number of amides is 9. The standard InChI is InChI=1S/C28H30F4N4O5S.C27H29F4N3O5.C23H22F4N2O3/c1-17-11-19(4-6-23(17)29)33-25(37)18-3-5-24(30)22(12-18)28(31,32)26(38)36-20-13-35(14-21(36)16-41-15-20)27(39)34-7-9-42(2,40)10-8-34;1-15-9-17(6-8-21(15)28)32-23(35)16-5-7-22(29)20(10-16)27(30,31)24(36)34-18-11-33(12-19(34)14-38-13-18)25(37)39-26(2,3)4;1-13-9-15(6-8-19(13)24)28-21(30)14-5-7-20(25)18(10-14)23(26,27)22(31)29-16-3-2-4-17(29)12-32-11-16/h3-6,11-12,20-21H,2,7-10,13-16H2,1H3,(H,33,37);5-10,18-19H,11-14H2,1-4H3,(H,32,35);5-10,16-17H,2-4,11-12H2,1H3,(H,28,30). The normalized spacial score (nSPS) is 20.8. The number of piperazine rings is 2. The van der Waals surface area contributed by atoms with Crippen molar-refractivity contribution in [3.63, 3.8) is 0 Å². The monoisotopic (exact) mass is 1610 g/mol. The van der Waals surface area contributed by atoms with E-state index in [0.717, 1.165) is 63.6 Å². The molecular formula is C78H81F12N9O13S. The van der Waals surface area contributed by atoms with E-state index < -0.39 is 162 Å². The zero-order chi connectivity index (χ0) is 82.1. The topological polar surface area (TPSA) is 246 Å². The second-order valence-corrected chi connectivity index (χ2v) is 32.3. The van der Waals surface area contributed by atoms with Crippen LogP contribution in [0.2, 0.25) is 0 Å². The molecule has 6 atom stereocenters. The van der Waals surface area contributed by atoms with Gasteiger partial charge in [0.2, 0.25) is 0 Å². The summed E-state index contributed by atoms with van der Waals surface area (Å²) in [4.78, 5) is 110. The van der Waals surface area contributed by atoms with Gasteiger partial charge in [-0.05, 0) is 202 Å². The summed E-state index contributed by atoms with van der Waals surface area (Å²) >= 11 is 0. The zero-order valence-electron chi connectivity index (χ0n) is 62.0. The molecular weight excluding hydrogens is 1530 g/mol. The van der Waals surface area contributed by atoms with Gasteiger partial charge in [0.25, 0.3) is 35.4 Å². The van der Waals surface area contributed by atoms with Crippen molar-refractivity contribution in [2.45, 2.75) is 120 Å². The van der Waals surface area contributed by atoms with Crippen LogP contribution in [0.4, 0.5) is 79.3 Å². The van der Waals surface area contributed by atoms with E-state index in [9.17, 15) is 68.9 Å². The summed E-state index contributed by atoms with van der Waals surface area (Å²) in [5.74, 6) is -21.3. The van der Waals surface area contributed by atoms with Gasteiger partial charge in [0, 0.05) is 84.5 Å². The van der Waals surface area contributed by atoms with Crippen molar-refractivity contribution in [2.24, 2.45) is 0 Å². The summed E-state index contributed by atoms with van der Waals surface area (Å²) in [6.07, 6.45) is 1.25. The molecule has 113 heavy (non-hydrogen) atoms. The predicted molar refractivity (Wildman–Crippen MR) is 389 cm³/mol. The number of nitrogens with one attached hydrogen (secondary N) is 3. The number of nitrogens with zero attached hydrogens (tertiary/aromatic N) is 6. The van der Waals surface area contributed by atoms with Crippen LogP contribution in [0.25, 0.3) is 0 Å². The van der Waals surface area contributed by atoms with E-state index in [2.05, 4.69) is 21.8 Å². The number of benzene rings is 6. The lowest BCUT2D eigenvalue weighted by molar-refractivity contribution is -0.180. The van der Waals surface area contributed by atoms with E-state index in [0.29, 0.717) is 43.2 Å². The predicted octanol–water partition coefficient (Wildman–Crippen LogP) is 11.5. The summed E-state index contributed by atoms with van der Waals surface area (Å²) < 4.78 is 211. The highest BCUT2D eigenvalue weighted by molar-refractivity contribution is 8.00. The van der Waals surface area contributed by atoms with Gasteiger partial charge in [-0.25, -0.2) is 35.9 Å². The van der Waals surface area contributed by atoms with Crippen molar-refractivity contribution in [1.29, 1.82) is 0 Å². The summed E-state index contributed by atoms with van der Waals surface area (Å²) in [6, 6.07) is 13.6. The number of carbonyl (C=O) groups excluding carboxylic acids is 8. The van der Waals surface area contributed by atoms with Gasteiger partial charge >= 0.3 is 29.9 Å². The van der Waals surface area contributed by atoms with E-state index >= 15 is 26.3 Å². The van der Waals surface area contributed by atoms with E-state index in [1.54, 1.807) is 20.8 Å². The molecule has 35 heteroatoms. The van der Waals surface area contributed by atoms with Crippen LogP contribution in [0.3, 0.4) is 0 Å². The van der Waals surface area contributed by atoms with Gasteiger partial charge < -0.3 is 64.3 Å². The highest BCUT2D eigenvalue weighted by atomic mass is 32.2. The van der Waals surface area contributed by atoms with Gasteiger partial charge in [0.15, 0.2) is 0 Å². The highest BCUT2D eigenvalue weighted by Gasteiger charge is 2.56. The number of alkyl halides is 6. The van der Waals surface area contributed by atoms with Gasteiger partial charge in [-0.1, -0.05) is 0 Å². The fourth-order valence-electron chi connectivity index (χ4n) is 14.3. The molecule has 7 fully saturated rings. The minimum atomic E-state index is -4.34. The maximum absolute atomic E-state index is 15.7. The molecule has 0 radical (unpaired) electrons. The Balaban J connectivity index is 0.000000169. The first-order chi connectivity index (χ1) is 53.1. The van der Waals surface area contributed by atoms with Crippen molar-refractivity contribution in [1.82, 2.24) is 29.4 Å². The second-order valence-electron chi connectivity index (χ2n) is 29.6. The smallest absolute Gasteiger partial charge is 0.410 e. The van der Waals surface area contributed by atoms with Crippen LogP contribution in [0, 0.1) is 55.7 Å². The minimum absolute atomic E-state index is 0.0740. The van der Waals surface area contributed by atoms with Crippen molar-refractivity contribution >= 4 is 80.0 Å². The molecule has 0 spiro atoms. The number of piperidine rings is 1. The Hall–Kier alpha value is -10.3. The molecule has 0 aliphatic carbocycles. The number of morpholine rings is 3. The molecule has 3 N–H and O–H groups in total. The third-order valence-corrected chi connectivity index (χ3v) is 22.0. The Kier molecular flexibility index (Phi) is 24.8. The molecule has 13 rings (SSSR count). The first-order valence-corrected chi connectivity index (χ1v) is 38.0. The molecule has 7 saturated heterocycles. The number of aryl methyl sites for hydroxylation is 3. The fourth-order valence-corrected chi connectivity index (χ4v) is 15.6. The van der Waals surface area contributed by atoms with Gasteiger partial charge in [0.1, 0.15) is 40.5 Å². The zero-order valence-corrected chi connectivity index (χ0v) is 62.8. The molecule has 0 aromatic heterocycles. The van der Waals surface area contributed by atoms with Crippen LogP contribution in [-0.2, 0) is 60.6 Å². The first-order valence-electron chi connectivity index (χ1n) is 35.9. The molecule has 7 aliphatic heterocycles. The summed E-state index contributed by atoms with van der Waals surface area (Å²) in [7, 11) is -2.23. The van der Waals surface area contributed by atoms with E-state index in [-0.39, 0.29) is 147 Å². The maximum atomic E-state index is 15.7. The molecule has 22 nitrogen and oxygen atoms in total. The molecule has 6 aromatic carbocycles. The average molecular weight is 1610 g/mol. The van der Waals surface area contributed by atoms with Crippen LogP contribution in [0.15, 0.2) is 109 Å². The number of carbonyl (C=O) groups is 8. The van der Waals surface area contributed by atoms with Crippen molar-refractivity contribution in [3.8, 4) is 0 Å². The molecule has 9 amide bonds. The maximum Gasteiger partial charge on any atom is 0.410 e. The Bertz CT molecular complexity index is 4760. The van der Waals surface area contributed by atoms with Crippen molar-refractivity contribution in [2.75, 3.05) is 106 Å². The number of ether oxygens (including phenoxy) is 4. The highest BCUT2D eigenvalue weighted by Crippen LogP contribution is 2.42. The third kappa shape index (κ3) is 18.7. The number of hydrogen-bond donors (Lipinski definition) is 3. The molecule has 6 aromatic rings. The van der Waals surface area contributed by atoms with Crippen molar-refractivity contribution < 1.29 is 114 Å². The number of fused-ring (bicyclic) bond motifs is 6. The quantitative estimate of drug-likeness (QED) is 0.0763. The van der Waals surface area contributed by atoms with Crippen LogP contribution >= 0.6 is 0 Å². The lowest BCUT2D eigenvalue weighted by Gasteiger charge is -2.51. The average Bonchev–Trinajstić information content (AvgIpc) is 0.761. The Labute approximate surface area is 642 Å². The number of urea groups is 1. The Morgan fingerprint density at radius 2 is 0.717 bits per heavy atom. The lowest BCUT2D eigenvalue weighted by Crippen LogP contribution is -2.69. The number of hydrogen-bond acceptors (Lipinski definition) is 13. The molecule has 6 bridgehead atoms.